The second-order valence-corrected chi connectivity index (χ2v) is 14.0. The van der Waals surface area contributed by atoms with Crippen LogP contribution in [0.2, 0.25) is 5.02 Å². The number of hydrogen-bond acceptors (Lipinski definition) is 5. The first-order valence-electron chi connectivity index (χ1n) is 15.8. The van der Waals surface area contributed by atoms with Crippen molar-refractivity contribution in [2.24, 2.45) is 0 Å². The summed E-state index contributed by atoms with van der Waals surface area (Å²) in [6.07, 6.45) is 2.59. The Morgan fingerprint density at radius 2 is 1.49 bits per heavy atom. The van der Waals surface area contributed by atoms with Crippen LogP contribution in [0.1, 0.15) is 41.5 Å². The zero-order valence-corrected chi connectivity index (χ0v) is 28.1. The minimum Gasteiger partial charge on any atom is -0.496 e. The molecular formula is C37H40ClN3O5S. The van der Waals surface area contributed by atoms with Gasteiger partial charge in [-0.2, -0.15) is 4.31 Å². The second-order valence-electron chi connectivity index (χ2n) is 11.6. The van der Waals surface area contributed by atoms with Gasteiger partial charge in [0.05, 0.1) is 12.0 Å². The predicted molar refractivity (Wildman–Crippen MR) is 184 cm³/mol. The van der Waals surface area contributed by atoms with Gasteiger partial charge >= 0.3 is 0 Å². The highest BCUT2D eigenvalue weighted by Crippen LogP contribution is 2.23. The van der Waals surface area contributed by atoms with Gasteiger partial charge in [-0.05, 0) is 66.3 Å². The van der Waals surface area contributed by atoms with Gasteiger partial charge in [-0.3, -0.25) is 9.59 Å². The van der Waals surface area contributed by atoms with Gasteiger partial charge in [-0.1, -0.05) is 84.4 Å². The SMILES string of the molecule is COc1ccccc1CNC(=O)C(Cc1ccccc1)N(Cc1ccc(Cl)cc1)C(=O)CCc1ccc(S(=O)(=O)N2CCCC2)cc1. The lowest BCUT2D eigenvalue weighted by molar-refractivity contribution is -0.141. The van der Waals surface area contributed by atoms with E-state index in [-0.39, 0.29) is 36.2 Å². The Morgan fingerprint density at radius 3 is 2.17 bits per heavy atom. The van der Waals surface area contributed by atoms with Gasteiger partial charge < -0.3 is 15.0 Å². The Labute approximate surface area is 282 Å². The summed E-state index contributed by atoms with van der Waals surface area (Å²) in [5.41, 5.74) is 3.43. The molecular weight excluding hydrogens is 634 g/mol. The summed E-state index contributed by atoms with van der Waals surface area (Å²) in [5.74, 6) is 0.196. The van der Waals surface area contributed by atoms with Crippen molar-refractivity contribution < 1.29 is 22.7 Å². The summed E-state index contributed by atoms with van der Waals surface area (Å²) < 4.78 is 32.9. The summed E-state index contributed by atoms with van der Waals surface area (Å²) in [7, 11) is -1.93. The third kappa shape index (κ3) is 9.00. The van der Waals surface area contributed by atoms with Gasteiger partial charge in [0, 0.05) is 49.6 Å². The Balaban J connectivity index is 1.37. The normalized spacial score (nSPS) is 14.0. The van der Waals surface area contributed by atoms with Crippen LogP contribution < -0.4 is 10.1 Å². The van der Waals surface area contributed by atoms with Gasteiger partial charge in [0.1, 0.15) is 11.8 Å². The van der Waals surface area contributed by atoms with Crippen LogP contribution in [0.15, 0.2) is 108 Å². The largest absolute Gasteiger partial charge is 0.496 e. The fourth-order valence-electron chi connectivity index (χ4n) is 5.79. The maximum Gasteiger partial charge on any atom is 0.243 e. The summed E-state index contributed by atoms with van der Waals surface area (Å²) in [4.78, 5) is 30.0. The molecule has 1 N–H and O–H groups in total. The molecule has 2 amide bonds. The Morgan fingerprint density at radius 1 is 0.851 bits per heavy atom. The third-order valence-corrected chi connectivity index (χ3v) is 10.6. The molecule has 0 spiro atoms. The number of carbonyl (C=O) groups excluding carboxylic acids is 2. The van der Waals surface area contributed by atoms with Crippen LogP contribution in [0.3, 0.4) is 0 Å². The quantitative estimate of drug-likeness (QED) is 0.177. The predicted octanol–water partition coefficient (Wildman–Crippen LogP) is 6.02. The van der Waals surface area contributed by atoms with Crippen LogP contribution in [0, 0.1) is 0 Å². The minimum atomic E-state index is -3.52. The summed E-state index contributed by atoms with van der Waals surface area (Å²) in [5, 5.41) is 3.63. The van der Waals surface area contributed by atoms with E-state index >= 15 is 0 Å². The molecule has 0 aromatic heterocycles. The lowest BCUT2D eigenvalue weighted by Gasteiger charge is -2.32. The van der Waals surface area contributed by atoms with Crippen LogP contribution >= 0.6 is 11.6 Å². The van der Waals surface area contributed by atoms with Gasteiger partial charge in [-0.15, -0.1) is 0 Å². The number of rotatable bonds is 14. The molecule has 0 aliphatic carbocycles. The molecule has 10 heteroatoms. The van der Waals surface area contributed by atoms with Crippen LogP contribution in [-0.4, -0.2) is 55.7 Å². The lowest BCUT2D eigenvalue weighted by atomic mass is 10.0. The van der Waals surface area contributed by atoms with Crippen molar-refractivity contribution in [1.82, 2.24) is 14.5 Å². The molecule has 1 aliphatic heterocycles. The van der Waals surface area contributed by atoms with Gasteiger partial charge in [0.25, 0.3) is 0 Å². The van der Waals surface area contributed by atoms with E-state index in [1.807, 2.05) is 66.7 Å². The molecule has 1 saturated heterocycles. The number of carbonyl (C=O) groups is 2. The van der Waals surface area contributed by atoms with Gasteiger partial charge in [0.15, 0.2) is 0 Å². The molecule has 0 bridgehead atoms. The zero-order valence-electron chi connectivity index (χ0n) is 26.5. The van der Waals surface area contributed by atoms with Crippen molar-refractivity contribution >= 4 is 33.4 Å². The lowest BCUT2D eigenvalue weighted by Crippen LogP contribution is -2.50. The van der Waals surface area contributed by atoms with Crippen molar-refractivity contribution in [1.29, 1.82) is 0 Å². The van der Waals surface area contributed by atoms with Crippen molar-refractivity contribution in [3.63, 3.8) is 0 Å². The molecule has 5 rings (SSSR count). The average molecular weight is 674 g/mol. The first-order chi connectivity index (χ1) is 22.7. The van der Waals surface area contributed by atoms with E-state index in [1.54, 1.807) is 48.4 Å². The van der Waals surface area contributed by atoms with Crippen molar-refractivity contribution in [2.75, 3.05) is 20.2 Å². The number of aryl methyl sites for hydroxylation is 1. The molecule has 0 saturated carbocycles. The van der Waals surface area contributed by atoms with E-state index in [9.17, 15) is 18.0 Å². The highest BCUT2D eigenvalue weighted by molar-refractivity contribution is 7.89. The highest BCUT2D eigenvalue weighted by atomic mass is 35.5. The number of methoxy groups -OCH3 is 1. The number of benzene rings is 4. The van der Waals surface area contributed by atoms with E-state index in [0.29, 0.717) is 36.7 Å². The van der Waals surface area contributed by atoms with Gasteiger partial charge in [0.2, 0.25) is 21.8 Å². The van der Waals surface area contributed by atoms with Gasteiger partial charge in [-0.25, -0.2) is 8.42 Å². The Kier molecular flexibility index (Phi) is 11.7. The van der Waals surface area contributed by atoms with Crippen LogP contribution in [-0.2, 0) is 45.5 Å². The van der Waals surface area contributed by atoms with Crippen LogP contribution in [0.5, 0.6) is 5.75 Å². The highest BCUT2D eigenvalue weighted by Gasteiger charge is 2.31. The molecule has 0 radical (unpaired) electrons. The average Bonchev–Trinajstić information content (AvgIpc) is 3.66. The van der Waals surface area contributed by atoms with E-state index in [2.05, 4.69) is 5.32 Å². The van der Waals surface area contributed by atoms with Crippen LogP contribution in [0.4, 0.5) is 0 Å². The maximum atomic E-state index is 14.1. The monoisotopic (exact) mass is 673 g/mol. The molecule has 4 aromatic rings. The standard InChI is InChI=1S/C37H40ClN3O5S/c1-46-35-12-6-5-11-31(35)26-39-37(43)34(25-29-9-3-2-4-10-29)41(27-30-13-18-32(38)19-14-30)36(42)22-17-28-15-20-33(21-16-28)47(44,45)40-23-7-8-24-40/h2-6,9-16,18-21,34H,7-8,17,22-27H2,1H3,(H,39,43). The van der Waals surface area contributed by atoms with E-state index in [0.717, 1.165) is 35.1 Å². The summed E-state index contributed by atoms with van der Waals surface area (Å²) in [6.45, 7) is 1.53. The Bertz CT molecular complexity index is 1740. The number of halogens is 1. The molecule has 47 heavy (non-hydrogen) atoms. The topological polar surface area (TPSA) is 96.0 Å². The molecule has 4 aromatic carbocycles. The first kappa shape index (κ1) is 34.2. The minimum absolute atomic E-state index is 0.136. The molecule has 8 nitrogen and oxygen atoms in total. The fourth-order valence-corrected chi connectivity index (χ4v) is 7.43. The molecule has 1 heterocycles. The maximum absolute atomic E-state index is 14.1. The zero-order chi connectivity index (χ0) is 33.2. The molecule has 1 atom stereocenters. The molecule has 1 fully saturated rings. The molecule has 1 unspecified atom stereocenters. The van der Waals surface area contributed by atoms with E-state index in [1.165, 1.54) is 4.31 Å². The van der Waals surface area contributed by atoms with Crippen LogP contribution in [0.25, 0.3) is 0 Å². The van der Waals surface area contributed by atoms with Crippen molar-refractivity contribution in [3.8, 4) is 5.75 Å². The smallest absolute Gasteiger partial charge is 0.243 e. The first-order valence-corrected chi connectivity index (χ1v) is 17.6. The van der Waals surface area contributed by atoms with E-state index in [4.69, 9.17) is 16.3 Å². The van der Waals surface area contributed by atoms with Crippen molar-refractivity contribution in [2.45, 2.75) is 56.1 Å². The third-order valence-electron chi connectivity index (χ3n) is 8.44. The summed E-state index contributed by atoms with van der Waals surface area (Å²) in [6, 6.07) is 30.3. The number of ether oxygens (including phenoxy) is 1. The molecule has 1 aliphatic rings. The number of para-hydroxylation sites is 1. The number of amides is 2. The number of nitrogens with zero attached hydrogens (tertiary/aromatic N) is 2. The van der Waals surface area contributed by atoms with Crippen molar-refractivity contribution in [3.05, 3.63) is 130 Å². The summed E-state index contributed by atoms with van der Waals surface area (Å²) >= 11 is 6.15. The molecule has 246 valence electrons. The fraction of sp³-hybridized carbons (Fsp3) is 0.297. The number of nitrogens with one attached hydrogen (secondary N) is 1. The second kappa shape index (κ2) is 16.1. The number of sulfonamides is 1. The van der Waals surface area contributed by atoms with E-state index < -0.39 is 16.1 Å². The Hall–Kier alpha value is -4.18. The number of hydrogen-bond donors (Lipinski definition) is 1.